The number of nitrogens with zero attached hydrogens (tertiary/aromatic N) is 1. The highest BCUT2D eigenvalue weighted by atomic mass is 32.2. The summed E-state index contributed by atoms with van der Waals surface area (Å²) in [5.74, 6) is -0.450. The van der Waals surface area contributed by atoms with Gasteiger partial charge in [-0.3, -0.25) is 0 Å². The molecule has 68 valence electrons. The molecule has 0 fully saturated rings. The lowest BCUT2D eigenvalue weighted by molar-refractivity contribution is -0.138. The Morgan fingerprint density at radius 1 is 1.75 bits per heavy atom. The van der Waals surface area contributed by atoms with E-state index >= 15 is 0 Å². The molecule has 12 heavy (non-hydrogen) atoms. The van der Waals surface area contributed by atoms with Crippen LogP contribution in [0.15, 0.2) is 16.1 Å². The molecule has 0 amide bonds. The van der Waals surface area contributed by atoms with Gasteiger partial charge in [0.2, 0.25) is 0 Å². The summed E-state index contributed by atoms with van der Waals surface area (Å²) in [4.78, 5) is 14.7. The summed E-state index contributed by atoms with van der Waals surface area (Å²) in [6.45, 7) is 2.07. The van der Waals surface area contributed by atoms with Gasteiger partial charge in [-0.2, -0.15) is 0 Å². The van der Waals surface area contributed by atoms with Gasteiger partial charge in [0.1, 0.15) is 0 Å². The first-order valence-electron chi connectivity index (χ1n) is 3.40. The van der Waals surface area contributed by atoms with Gasteiger partial charge in [0, 0.05) is 5.41 Å². The van der Waals surface area contributed by atoms with Crippen LogP contribution < -0.4 is 5.73 Å². The van der Waals surface area contributed by atoms with Crippen molar-refractivity contribution < 1.29 is 9.53 Å². The summed E-state index contributed by atoms with van der Waals surface area (Å²) in [7, 11) is 0. The predicted molar refractivity (Wildman–Crippen MR) is 50.9 cm³/mol. The molecule has 0 rings (SSSR count). The maximum atomic E-state index is 11.0. The number of rotatable bonds is 4. The molecule has 0 spiro atoms. The Hall–Kier alpha value is -0.970. The highest BCUT2D eigenvalue weighted by molar-refractivity contribution is 8.01. The van der Waals surface area contributed by atoms with Gasteiger partial charge < -0.3 is 10.5 Å². The monoisotopic (exact) mass is 188 g/mol. The first kappa shape index (κ1) is 11.0. The lowest BCUT2D eigenvalue weighted by Crippen LogP contribution is -2.07. The largest absolute Gasteiger partial charge is 0.461 e. The molecule has 0 aromatic rings. The number of ether oxygens (including phenoxy) is 1. The van der Waals surface area contributed by atoms with Crippen molar-refractivity contribution in [1.82, 2.24) is 0 Å². The maximum Gasteiger partial charge on any atom is 0.357 e. The molecule has 0 aliphatic heterocycles. The fourth-order valence-electron chi connectivity index (χ4n) is 0.528. The molecule has 0 bridgehead atoms. The zero-order valence-electron chi connectivity index (χ0n) is 7.11. The molecule has 0 aromatic heterocycles. The number of carbonyl (C=O) groups is 1. The van der Waals surface area contributed by atoms with Crippen LogP contribution in [-0.2, 0) is 9.53 Å². The highest BCUT2D eigenvalue weighted by Gasteiger charge is 2.06. The summed E-state index contributed by atoms with van der Waals surface area (Å²) in [6, 6.07) is 0. The Balaban J connectivity index is 4.30. The van der Waals surface area contributed by atoms with Gasteiger partial charge in [0.25, 0.3) is 0 Å². The molecule has 0 aliphatic rings. The lowest BCUT2D eigenvalue weighted by atomic mass is 10.5. The Labute approximate surface area is 75.9 Å². The molecule has 4 nitrogen and oxygen atoms in total. The van der Waals surface area contributed by atoms with Gasteiger partial charge in [0.05, 0.1) is 12.9 Å². The third-order valence-corrected chi connectivity index (χ3v) is 1.39. The Kier molecular flexibility index (Phi) is 6.18. The molecule has 0 saturated carbocycles. The van der Waals surface area contributed by atoms with Crippen molar-refractivity contribution in [2.45, 2.75) is 6.92 Å². The van der Waals surface area contributed by atoms with Gasteiger partial charge >= 0.3 is 5.97 Å². The molecule has 0 aromatic carbocycles. The second kappa shape index (κ2) is 6.72. The summed E-state index contributed by atoms with van der Waals surface area (Å²) >= 11 is 1.37. The van der Waals surface area contributed by atoms with E-state index in [0.29, 0.717) is 6.61 Å². The van der Waals surface area contributed by atoms with Crippen LogP contribution in [-0.4, -0.2) is 25.2 Å². The Bertz CT molecular complexity index is 202. The Morgan fingerprint density at radius 2 is 2.42 bits per heavy atom. The Morgan fingerprint density at radius 3 is 2.83 bits per heavy atom. The molecule has 0 heterocycles. The maximum absolute atomic E-state index is 11.0. The van der Waals surface area contributed by atoms with Crippen molar-refractivity contribution in [3.63, 3.8) is 0 Å². The van der Waals surface area contributed by atoms with Crippen molar-refractivity contribution >= 4 is 24.1 Å². The number of thioether (sulfide) groups is 1. The van der Waals surface area contributed by atoms with Gasteiger partial charge in [-0.1, -0.05) is 0 Å². The van der Waals surface area contributed by atoms with E-state index in [-0.39, 0.29) is 5.70 Å². The van der Waals surface area contributed by atoms with Crippen molar-refractivity contribution in [2.24, 2.45) is 10.7 Å². The van der Waals surface area contributed by atoms with Crippen LogP contribution in [0.2, 0.25) is 0 Å². The summed E-state index contributed by atoms with van der Waals surface area (Å²) < 4.78 is 4.72. The smallest absolute Gasteiger partial charge is 0.357 e. The fraction of sp³-hybridized carbons (Fsp3) is 0.429. The fourth-order valence-corrected chi connectivity index (χ4v) is 0.909. The van der Waals surface area contributed by atoms with Crippen molar-refractivity contribution in [2.75, 3.05) is 12.9 Å². The van der Waals surface area contributed by atoms with Crippen molar-refractivity contribution in [3.8, 4) is 0 Å². The average Bonchev–Trinajstić information content (AvgIpc) is 2.04. The van der Waals surface area contributed by atoms with E-state index in [9.17, 15) is 4.79 Å². The number of nitrogens with two attached hydrogens (primary N) is 1. The molecule has 0 unspecified atom stereocenters. The normalized spacial score (nSPS) is 12.0. The summed E-state index contributed by atoms with van der Waals surface area (Å²) in [5, 5.41) is 1.58. The number of aliphatic imine (C=N–C) groups is 1. The zero-order valence-corrected chi connectivity index (χ0v) is 7.93. The second-order valence-corrected chi connectivity index (χ2v) is 2.44. The lowest BCUT2D eigenvalue weighted by Gasteiger charge is -1.99. The molecule has 0 aliphatic carbocycles. The number of hydrogen-bond acceptors (Lipinski definition) is 4. The van der Waals surface area contributed by atoms with Gasteiger partial charge in [-0.05, 0) is 13.2 Å². The molecule has 5 heteroatoms. The molecule has 0 radical (unpaired) electrons. The van der Waals surface area contributed by atoms with Crippen LogP contribution in [0.5, 0.6) is 0 Å². The first-order chi connectivity index (χ1) is 5.76. The minimum atomic E-state index is -0.450. The van der Waals surface area contributed by atoms with E-state index in [2.05, 4.69) is 4.99 Å². The van der Waals surface area contributed by atoms with E-state index in [4.69, 9.17) is 10.5 Å². The molecule has 0 atom stereocenters. The van der Waals surface area contributed by atoms with Crippen LogP contribution in [0.4, 0.5) is 0 Å². The van der Waals surface area contributed by atoms with Crippen LogP contribution in [0.3, 0.4) is 0 Å². The standard InChI is InChI=1S/C7H12N2O2S/c1-3-11-7(10)6(4-12-2)9-5-8/h4-5H,3H2,1-2H3,(H2,8,9)/b6-4-. The van der Waals surface area contributed by atoms with Crippen LogP contribution >= 0.6 is 11.8 Å². The van der Waals surface area contributed by atoms with Crippen LogP contribution in [0.1, 0.15) is 6.92 Å². The number of esters is 1. The number of carbonyl (C=O) groups excluding carboxylic acids is 1. The van der Waals surface area contributed by atoms with E-state index < -0.39 is 5.97 Å². The predicted octanol–water partition coefficient (Wildman–Crippen LogP) is 0.741. The van der Waals surface area contributed by atoms with Crippen molar-refractivity contribution in [3.05, 3.63) is 11.1 Å². The summed E-state index contributed by atoms with van der Waals surface area (Å²) in [6.07, 6.45) is 2.89. The van der Waals surface area contributed by atoms with Gasteiger partial charge in [-0.25, -0.2) is 9.79 Å². The van der Waals surface area contributed by atoms with E-state index in [1.165, 1.54) is 11.8 Å². The van der Waals surface area contributed by atoms with Gasteiger partial charge in [0.15, 0.2) is 5.70 Å². The molecule has 0 saturated heterocycles. The van der Waals surface area contributed by atoms with E-state index in [1.54, 1.807) is 12.3 Å². The van der Waals surface area contributed by atoms with Crippen molar-refractivity contribution in [1.29, 1.82) is 0 Å². The SMILES string of the molecule is CCOC(=O)/C(=C/SC)N=CN. The van der Waals surface area contributed by atoms with Gasteiger partial charge in [-0.15, -0.1) is 11.8 Å². The third-order valence-electron chi connectivity index (χ3n) is 0.928. The average molecular weight is 188 g/mol. The highest BCUT2D eigenvalue weighted by Crippen LogP contribution is 2.06. The molecular formula is C7H12N2O2S. The van der Waals surface area contributed by atoms with Crippen LogP contribution in [0, 0.1) is 0 Å². The minimum absolute atomic E-state index is 0.229. The van der Waals surface area contributed by atoms with E-state index in [1.807, 2.05) is 6.26 Å². The van der Waals surface area contributed by atoms with E-state index in [0.717, 1.165) is 6.34 Å². The topological polar surface area (TPSA) is 64.7 Å². The minimum Gasteiger partial charge on any atom is -0.461 e. The first-order valence-corrected chi connectivity index (χ1v) is 4.69. The molecular weight excluding hydrogens is 176 g/mol. The quantitative estimate of drug-likeness (QED) is 0.306. The summed E-state index contributed by atoms with van der Waals surface area (Å²) in [5.41, 5.74) is 5.27. The van der Waals surface area contributed by atoms with Crippen LogP contribution in [0.25, 0.3) is 0 Å². The zero-order chi connectivity index (χ0) is 9.40. The molecule has 2 N–H and O–H groups in total. The third kappa shape index (κ3) is 4.02. The second-order valence-electron chi connectivity index (χ2n) is 1.74. The number of hydrogen-bond donors (Lipinski definition) is 1.